The van der Waals surface area contributed by atoms with Gasteiger partial charge in [0.1, 0.15) is 6.61 Å². The molecule has 0 aliphatic carbocycles. The lowest BCUT2D eigenvalue weighted by Crippen LogP contribution is -2.42. The summed E-state index contributed by atoms with van der Waals surface area (Å²) < 4.78 is 11.5. The minimum absolute atomic E-state index is 0.313. The highest BCUT2D eigenvalue weighted by atomic mass is 16.5. The van der Waals surface area contributed by atoms with E-state index in [0.717, 1.165) is 50.7 Å². The van der Waals surface area contributed by atoms with Gasteiger partial charge in [0.2, 0.25) is 0 Å². The molecule has 0 saturated carbocycles. The Morgan fingerprint density at radius 3 is 2.60 bits per heavy atom. The van der Waals surface area contributed by atoms with Crippen LogP contribution in [0.25, 0.3) is 0 Å². The van der Waals surface area contributed by atoms with E-state index >= 15 is 0 Å². The van der Waals surface area contributed by atoms with Crippen molar-refractivity contribution in [1.82, 2.24) is 9.80 Å². The summed E-state index contributed by atoms with van der Waals surface area (Å²) in [6.45, 7) is 7.17. The highest BCUT2D eigenvalue weighted by molar-refractivity contribution is 5.43. The van der Waals surface area contributed by atoms with Crippen molar-refractivity contribution >= 4 is 0 Å². The number of hydrogen-bond acceptors (Lipinski definition) is 5. The van der Waals surface area contributed by atoms with Gasteiger partial charge < -0.3 is 15.2 Å². The van der Waals surface area contributed by atoms with Crippen LogP contribution >= 0.6 is 0 Å². The monoisotopic (exact) mass is 347 g/mol. The highest BCUT2D eigenvalue weighted by Crippen LogP contribution is 2.29. The Bertz CT molecular complexity index is 532. The van der Waals surface area contributed by atoms with Crippen molar-refractivity contribution in [2.24, 2.45) is 5.73 Å². The number of methoxy groups -OCH3 is 1. The van der Waals surface area contributed by atoms with Gasteiger partial charge in [0.05, 0.1) is 7.11 Å². The maximum Gasteiger partial charge on any atom is 0.161 e. The number of piperidine rings is 2. The first-order valence-electron chi connectivity index (χ1n) is 9.74. The maximum absolute atomic E-state index is 6.08. The lowest BCUT2D eigenvalue weighted by Gasteiger charge is -2.30. The molecule has 25 heavy (non-hydrogen) atoms. The molecule has 0 spiro atoms. The normalized spacial score (nSPS) is 22.7. The Hall–Kier alpha value is -1.30. The van der Waals surface area contributed by atoms with Crippen LogP contribution in [-0.4, -0.2) is 62.3 Å². The second kappa shape index (κ2) is 9.41. The maximum atomic E-state index is 6.08. The van der Waals surface area contributed by atoms with Crippen LogP contribution in [0.2, 0.25) is 0 Å². The van der Waals surface area contributed by atoms with E-state index in [-0.39, 0.29) is 0 Å². The molecule has 1 atom stereocenters. The summed E-state index contributed by atoms with van der Waals surface area (Å²) in [6.07, 6.45) is 6.34. The summed E-state index contributed by atoms with van der Waals surface area (Å²) in [5, 5.41) is 0. The molecule has 1 aromatic carbocycles. The summed E-state index contributed by atoms with van der Waals surface area (Å²) in [5.74, 6) is 1.68. The zero-order chi connectivity index (χ0) is 17.5. The predicted molar refractivity (Wildman–Crippen MR) is 101 cm³/mol. The fourth-order valence-corrected chi connectivity index (χ4v) is 3.89. The first-order valence-corrected chi connectivity index (χ1v) is 9.74. The Morgan fingerprint density at radius 1 is 1.04 bits per heavy atom. The van der Waals surface area contributed by atoms with Gasteiger partial charge in [-0.3, -0.25) is 9.80 Å². The van der Waals surface area contributed by atoms with Gasteiger partial charge in [0.25, 0.3) is 0 Å². The zero-order valence-corrected chi connectivity index (χ0v) is 15.6. The van der Waals surface area contributed by atoms with Crippen molar-refractivity contribution in [1.29, 1.82) is 0 Å². The predicted octanol–water partition coefficient (Wildman–Crippen LogP) is 2.48. The lowest BCUT2D eigenvalue weighted by atomic mass is 10.1. The third kappa shape index (κ3) is 5.59. The number of rotatable bonds is 7. The molecule has 1 aromatic rings. The third-order valence-electron chi connectivity index (χ3n) is 5.29. The summed E-state index contributed by atoms with van der Waals surface area (Å²) >= 11 is 0. The van der Waals surface area contributed by atoms with Gasteiger partial charge in [0.15, 0.2) is 11.5 Å². The van der Waals surface area contributed by atoms with Gasteiger partial charge in [-0.1, -0.05) is 12.5 Å². The molecule has 2 heterocycles. The molecule has 0 amide bonds. The van der Waals surface area contributed by atoms with Crippen molar-refractivity contribution in [2.45, 2.75) is 44.7 Å². The summed E-state index contributed by atoms with van der Waals surface area (Å²) in [7, 11) is 1.72. The van der Waals surface area contributed by atoms with Crippen molar-refractivity contribution in [3.63, 3.8) is 0 Å². The Morgan fingerprint density at radius 2 is 1.84 bits per heavy atom. The van der Waals surface area contributed by atoms with Gasteiger partial charge in [0, 0.05) is 25.7 Å². The molecular formula is C20H33N3O2. The molecule has 2 N–H and O–H groups in total. The molecule has 0 aromatic heterocycles. The van der Waals surface area contributed by atoms with E-state index in [0.29, 0.717) is 6.04 Å². The zero-order valence-electron chi connectivity index (χ0n) is 15.6. The molecule has 140 valence electrons. The summed E-state index contributed by atoms with van der Waals surface area (Å²) in [6, 6.07) is 6.62. The molecule has 0 bridgehead atoms. The van der Waals surface area contributed by atoms with Gasteiger partial charge in [-0.15, -0.1) is 0 Å². The minimum atomic E-state index is 0.313. The van der Waals surface area contributed by atoms with Crippen LogP contribution in [0.1, 0.15) is 37.7 Å². The van der Waals surface area contributed by atoms with E-state index < -0.39 is 0 Å². The van der Waals surface area contributed by atoms with E-state index in [1.165, 1.54) is 44.3 Å². The van der Waals surface area contributed by atoms with Crippen LogP contribution in [-0.2, 0) is 6.54 Å². The van der Waals surface area contributed by atoms with Gasteiger partial charge in [-0.25, -0.2) is 0 Å². The summed E-state index contributed by atoms with van der Waals surface area (Å²) in [5.41, 5.74) is 7.34. The number of hydrogen-bond donors (Lipinski definition) is 1. The van der Waals surface area contributed by atoms with Gasteiger partial charge >= 0.3 is 0 Å². The smallest absolute Gasteiger partial charge is 0.161 e. The minimum Gasteiger partial charge on any atom is -0.493 e. The average Bonchev–Trinajstić information content (AvgIpc) is 2.63. The van der Waals surface area contributed by atoms with E-state index in [4.69, 9.17) is 15.2 Å². The van der Waals surface area contributed by atoms with Crippen LogP contribution in [0.5, 0.6) is 11.5 Å². The second-order valence-electron chi connectivity index (χ2n) is 7.37. The second-order valence-corrected chi connectivity index (χ2v) is 7.37. The van der Waals surface area contributed by atoms with Gasteiger partial charge in [-0.05, 0) is 63.0 Å². The first kappa shape index (κ1) is 18.5. The van der Waals surface area contributed by atoms with Crippen molar-refractivity contribution in [3.05, 3.63) is 23.8 Å². The highest BCUT2D eigenvalue weighted by Gasteiger charge is 2.17. The number of nitrogens with two attached hydrogens (primary N) is 1. The molecule has 2 fully saturated rings. The topological polar surface area (TPSA) is 51.0 Å². The van der Waals surface area contributed by atoms with Gasteiger partial charge in [-0.2, -0.15) is 0 Å². The fraction of sp³-hybridized carbons (Fsp3) is 0.700. The molecule has 5 heteroatoms. The first-order chi connectivity index (χ1) is 12.2. The largest absolute Gasteiger partial charge is 0.493 e. The van der Waals surface area contributed by atoms with Crippen LogP contribution < -0.4 is 15.2 Å². The SMILES string of the molecule is COc1cc(CN2CCC[C@@H](N)C2)ccc1OCCN1CCCCC1. The number of nitrogens with zero attached hydrogens (tertiary/aromatic N) is 2. The van der Waals surface area contributed by atoms with Crippen LogP contribution in [0.4, 0.5) is 0 Å². The average molecular weight is 348 g/mol. The number of ether oxygens (including phenoxy) is 2. The molecule has 2 aliphatic rings. The molecule has 2 saturated heterocycles. The van der Waals surface area contributed by atoms with Crippen LogP contribution in [0, 0.1) is 0 Å². The van der Waals surface area contributed by atoms with Crippen molar-refractivity contribution < 1.29 is 9.47 Å². The lowest BCUT2D eigenvalue weighted by molar-refractivity contribution is 0.180. The van der Waals surface area contributed by atoms with E-state index in [2.05, 4.69) is 21.9 Å². The molecule has 0 radical (unpaired) electrons. The quantitative estimate of drug-likeness (QED) is 0.821. The van der Waals surface area contributed by atoms with Crippen LogP contribution in [0.3, 0.4) is 0 Å². The molecule has 2 aliphatic heterocycles. The number of likely N-dealkylation sites (tertiary alicyclic amines) is 2. The van der Waals surface area contributed by atoms with E-state index in [1.807, 2.05) is 6.07 Å². The Labute approximate surface area is 152 Å². The molecule has 5 nitrogen and oxygen atoms in total. The van der Waals surface area contributed by atoms with E-state index in [1.54, 1.807) is 7.11 Å². The summed E-state index contributed by atoms with van der Waals surface area (Å²) in [4.78, 5) is 4.92. The third-order valence-corrected chi connectivity index (χ3v) is 5.29. The molecular weight excluding hydrogens is 314 g/mol. The number of benzene rings is 1. The Balaban J connectivity index is 1.51. The standard InChI is InChI=1S/C20H33N3O2/c1-24-20-14-17(15-23-11-5-6-18(21)16-23)7-8-19(20)25-13-12-22-9-3-2-4-10-22/h7-8,14,18H,2-6,9-13,15-16,21H2,1H3/t18-/m1/s1. The molecule has 0 unspecified atom stereocenters. The Kier molecular flexibility index (Phi) is 6.96. The molecule has 3 rings (SSSR count). The van der Waals surface area contributed by atoms with E-state index in [9.17, 15) is 0 Å². The van der Waals surface area contributed by atoms with Crippen molar-refractivity contribution in [2.75, 3.05) is 46.4 Å². The fourth-order valence-electron chi connectivity index (χ4n) is 3.89. The van der Waals surface area contributed by atoms with Crippen molar-refractivity contribution in [3.8, 4) is 11.5 Å². The van der Waals surface area contributed by atoms with Crippen LogP contribution in [0.15, 0.2) is 18.2 Å².